The van der Waals surface area contributed by atoms with Gasteiger partial charge in [-0.25, -0.2) is 8.78 Å². The van der Waals surface area contributed by atoms with Crippen molar-refractivity contribution < 1.29 is 11.5 Å². The average Bonchev–Trinajstić information content (AvgIpc) is 3.26. The van der Waals surface area contributed by atoms with E-state index in [9.17, 15) is 8.78 Å². The van der Waals surface area contributed by atoms with Crippen LogP contribution in [0.25, 0.3) is 22.2 Å². The van der Waals surface area contributed by atoms with Crippen LogP contribution < -0.4 is 0 Å². The van der Waals surface area contributed by atoms with Gasteiger partial charge in [-0.3, -0.25) is 9.67 Å². The summed E-state index contributed by atoms with van der Waals surface area (Å²) in [6, 6.07) is 3.59. The Balaban J connectivity index is 1.78. The highest BCUT2D eigenvalue weighted by atomic mass is 19.3. The van der Waals surface area contributed by atoms with E-state index in [1.165, 1.54) is 0 Å². The summed E-state index contributed by atoms with van der Waals surface area (Å²) < 4.78 is 47.9. The number of pyridine rings is 1. The predicted octanol–water partition coefficient (Wildman–Crippen LogP) is 4.75. The molecule has 4 nitrogen and oxygen atoms in total. The summed E-state index contributed by atoms with van der Waals surface area (Å²) in [5.41, 5.74) is 3.03. The third-order valence-electron chi connectivity index (χ3n) is 4.87. The molecule has 0 bridgehead atoms. The van der Waals surface area contributed by atoms with Gasteiger partial charge in [0.2, 0.25) is 5.92 Å². The van der Waals surface area contributed by atoms with E-state index in [0.717, 1.165) is 17.7 Å². The van der Waals surface area contributed by atoms with Crippen LogP contribution in [-0.2, 0) is 13.0 Å². The molecule has 1 fully saturated rings. The normalized spacial score (nSPS) is 19.8. The van der Waals surface area contributed by atoms with Crippen molar-refractivity contribution in [3.05, 3.63) is 36.9 Å². The molecule has 6 heteroatoms. The minimum atomic E-state index is -2.67. The number of hydrogen-bond donors (Lipinski definition) is 0. The molecule has 4 rings (SSSR count). The minimum absolute atomic E-state index is 0.170. The molecule has 0 N–H and O–H groups in total. The average molecular weight is 346 g/mol. The van der Waals surface area contributed by atoms with Crippen LogP contribution in [-0.4, -0.2) is 25.3 Å². The fourth-order valence-electron chi connectivity index (χ4n) is 3.42. The van der Waals surface area contributed by atoms with Crippen LogP contribution in [0.15, 0.2) is 36.9 Å². The molecular formula is C19H22F2N4. The monoisotopic (exact) mass is 346 g/mol. The molecule has 0 aromatic carbocycles. The van der Waals surface area contributed by atoms with Gasteiger partial charge in [0.25, 0.3) is 0 Å². The third kappa shape index (κ3) is 3.17. The van der Waals surface area contributed by atoms with Crippen molar-refractivity contribution in [1.29, 1.82) is 0 Å². The van der Waals surface area contributed by atoms with Gasteiger partial charge in [0.15, 0.2) is 0 Å². The van der Waals surface area contributed by atoms with Crippen molar-refractivity contribution in [3.63, 3.8) is 0 Å². The molecule has 0 unspecified atom stereocenters. The van der Waals surface area contributed by atoms with Crippen molar-refractivity contribution in [1.82, 2.24) is 19.3 Å². The first-order chi connectivity index (χ1) is 12.8. The summed E-state index contributed by atoms with van der Waals surface area (Å²) in [4.78, 5) is 4.45. The standard InChI is InChI=1S/C19H22F2N4/c1-2-25-12-15(10-23-25)16-13-24(17-4-3-9-22-18(16)17)11-14-5-7-19(20,21)8-6-14/h3-4,9-10,12-14H,2,5-8,11H2,1H3/i11D2. The van der Waals surface area contributed by atoms with E-state index in [2.05, 4.69) is 10.1 Å². The van der Waals surface area contributed by atoms with Crippen molar-refractivity contribution in [3.8, 4) is 11.1 Å². The number of aromatic nitrogens is 4. The molecule has 0 amide bonds. The van der Waals surface area contributed by atoms with Gasteiger partial charge >= 0.3 is 0 Å². The Bertz CT molecular complexity index is 954. The van der Waals surface area contributed by atoms with Crippen LogP contribution in [0.1, 0.15) is 35.3 Å². The maximum atomic E-state index is 13.5. The van der Waals surface area contributed by atoms with Crippen molar-refractivity contribution in [2.45, 2.75) is 51.6 Å². The molecule has 0 radical (unpaired) electrons. The van der Waals surface area contributed by atoms with Gasteiger partial charge in [-0.1, -0.05) is 0 Å². The number of aryl methyl sites for hydroxylation is 1. The Morgan fingerprint density at radius 3 is 2.84 bits per heavy atom. The highest BCUT2D eigenvalue weighted by molar-refractivity contribution is 5.92. The zero-order valence-corrected chi connectivity index (χ0v) is 14.1. The van der Waals surface area contributed by atoms with Crippen LogP contribution >= 0.6 is 0 Å². The van der Waals surface area contributed by atoms with Crippen LogP contribution in [0.2, 0.25) is 0 Å². The zero-order chi connectivity index (χ0) is 19.2. The van der Waals surface area contributed by atoms with Crippen molar-refractivity contribution in [2.24, 2.45) is 5.92 Å². The lowest BCUT2D eigenvalue weighted by atomic mass is 9.87. The highest BCUT2D eigenvalue weighted by Gasteiger charge is 2.35. The summed E-state index contributed by atoms with van der Waals surface area (Å²) in [7, 11) is 0. The molecule has 0 aliphatic heterocycles. The molecule has 1 aliphatic rings. The van der Waals surface area contributed by atoms with Crippen LogP contribution in [0.4, 0.5) is 8.78 Å². The molecule has 0 saturated heterocycles. The van der Waals surface area contributed by atoms with Gasteiger partial charge in [0.1, 0.15) is 0 Å². The second kappa shape index (κ2) is 6.24. The largest absolute Gasteiger partial charge is 0.345 e. The lowest BCUT2D eigenvalue weighted by Gasteiger charge is -2.28. The number of nitrogens with zero attached hydrogens (tertiary/aromatic N) is 4. The summed E-state index contributed by atoms with van der Waals surface area (Å²) in [6.07, 6.45) is 6.90. The fourth-order valence-corrected chi connectivity index (χ4v) is 3.42. The Morgan fingerprint density at radius 1 is 1.32 bits per heavy atom. The maximum Gasteiger partial charge on any atom is 0.248 e. The Labute approximate surface area is 148 Å². The van der Waals surface area contributed by atoms with Gasteiger partial charge in [-0.15, -0.1) is 0 Å². The van der Waals surface area contributed by atoms with E-state index in [4.69, 9.17) is 2.74 Å². The first-order valence-corrected chi connectivity index (χ1v) is 8.69. The van der Waals surface area contributed by atoms with E-state index < -0.39 is 18.3 Å². The van der Waals surface area contributed by atoms with E-state index in [1.807, 2.05) is 19.2 Å². The van der Waals surface area contributed by atoms with Gasteiger partial charge < -0.3 is 4.57 Å². The third-order valence-corrected chi connectivity index (χ3v) is 4.87. The Morgan fingerprint density at radius 2 is 2.12 bits per heavy atom. The number of halogens is 2. The maximum absolute atomic E-state index is 13.5. The first kappa shape index (κ1) is 14.0. The summed E-state index contributed by atoms with van der Waals surface area (Å²) in [6.45, 7) is 0.968. The quantitative estimate of drug-likeness (QED) is 0.684. The van der Waals surface area contributed by atoms with Crippen molar-refractivity contribution >= 4 is 11.0 Å². The van der Waals surface area contributed by atoms with Gasteiger partial charge in [-0.2, -0.15) is 5.10 Å². The molecule has 0 spiro atoms. The second-order valence-electron chi connectivity index (χ2n) is 6.63. The smallest absolute Gasteiger partial charge is 0.248 e. The van der Waals surface area contributed by atoms with E-state index >= 15 is 0 Å². The SMILES string of the molecule is [2H]C([2H])(C1CCC(F)(F)CC1)n1cc(-c2cnn(CC)c2)c2ncccc21. The zero-order valence-electron chi connectivity index (χ0n) is 16.1. The van der Waals surface area contributed by atoms with Crippen LogP contribution in [0, 0.1) is 5.92 Å². The molecule has 3 heterocycles. The molecule has 0 atom stereocenters. The van der Waals surface area contributed by atoms with Crippen molar-refractivity contribution in [2.75, 3.05) is 0 Å². The predicted molar refractivity (Wildman–Crippen MR) is 93.5 cm³/mol. The molecule has 25 heavy (non-hydrogen) atoms. The molecule has 3 aromatic heterocycles. The van der Waals surface area contributed by atoms with E-state index in [1.54, 1.807) is 33.9 Å². The minimum Gasteiger partial charge on any atom is -0.345 e. The van der Waals surface area contributed by atoms with Gasteiger partial charge in [0.05, 0.1) is 20.0 Å². The number of rotatable bonds is 4. The van der Waals surface area contributed by atoms with Crippen LogP contribution in [0.5, 0.6) is 0 Å². The number of alkyl halides is 2. The lowest BCUT2D eigenvalue weighted by Crippen LogP contribution is -2.26. The first-order valence-electron chi connectivity index (χ1n) is 9.69. The fraction of sp³-hybridized carbons (Fsp3) is 0.474. The summed E-state index contributed by atoms with van der Waals surface area (Å²) in [5, 5.41) is 4.30. The molecule has 1 saturated carbocycles. The summed E-state index contributed by atoms with van der Waals surface area (Å²) >= 11 is 0. The van der Waals surface area contributed by atoms with Crippen LogP contribution in [0.3, 0.4) is 0 Å². The topological polar surface area (TPSA) is 35.6 Å². The lowest BCUT2D eigenvalue weighted by molar-refractivity contribution is -0.0472. The number of hydrogen-bond acceptors (Lipinski definition) is 2. The number of fused-ring (bicyclic) bond motifs is 1. The van der Waals surface area contributed by atoms with E-state index in [0.29, 0.717) is 11.0 Å². The Kier molecular flexibility index (Phi) is 3.49. The Hall–Kier alpha value is -2.24. The molecule has 1 aliphatic carbocycles. The molecular weight excluding hydrogens is 322 g/mol. The van der Waals surface area contributed by atoms with E-state index in [-0.39, 0.29) is 25.7 Å². The van der Waals surface area contributed by atoms with Gasteiger partial charge in [-0.05, 0) is 37.8 Å². The van der Waals surface area contributed by atoms with Gasteiger partial charge in [0, 0.05) is 55.6 Å². The second-order valence-corrected chi connectivity index (χ2v) is 6.63. The highest BCUT2D eigenvalue weighted by Crippen LogP contribution is 2.38. The molecule has 132 valence electrons. The molecule has 3 aromatic rings. The summed E-state index contributed by atoms with van der Waals surface area (Å²) in [5.74, 6) is -3.13.